The third kappa shape index (κ3) is 7.01. The molecule has 4 aromatic carbocycles. The van der Waals surface area contributed by atoms with E-state index >= 15 is 0 Å². The van der Waals surface area contributed by atoms with Gasteiger partial charge in [0.15, 0.2) is 0 Å². The predicted octanol–water partition coefficient (Wildman–Crippen LogP) is 9.36. The molecule has 9 heteroatoms. The molecule has 8 aromatic rings. The maximum atomic E-state index is 6.34. The Bertz CT molecular complexity index is 2330. The maximum absolute atomic E-state index is 6.34. The molecule has 1 aliphatic rings. The second-order valence-electron chi connectivity index (χ2n) is 11.8. The van der Waals surface area contributed by atoms with Gasteiger partial charge in [0.25, 0.3) is 0 Å². The van der Waals surface area contributed by atoms with Gasteiger partial charge >= 0.3 is 41.5 Å². The quantitative estimate of drug-likeness (QED) is 0.117. The minimum atomic E-state index is 0. The zero-order valence-electron chi connectivity index (χ0n) is 27.0. The van der Waals surface area contributed by atoms with E-state index in [0.717, 1.165) is 75.7 Å². The summed E-state index contributed by atoms with van der Waals surface area (Å²) in [6.07, 6.45) is 9.71. The van der Waals surface area contributed by atoms with Gasteiger partial charge in [0.2, 0.25) is 5.95 Å². The molecule has 0 amide bonds. The number of aromatic nitrogens is 5. The molecule has 0 saturated carbocycles. The molecule has 0 saturated heterocycles. The first-order valence-corrected chi connectivity index (χ1v) is 16.3. The number of fused-ring (bicyclic) bond motifs is 4. The summed E-state index contributed by atoms with van der Waals surface area (Å²) >= 11 is 0. The minimum Gasteiger partial charge on any atom is -0.503 e. The van der Waals surface area contributed by atoms with Gasteiger partial charge in [-0.3, -0.25) is 0 Å². The Morgan fingerprint density at radius 1 is 0.549 bits per heavy atom. The normalized spacial score (nSPS) is 12.1. The van der Waals surface area contributed by atoms with Crippen molar-refractivity contribution in [1.29, 1.82) is 0 Å². The molecule has 0 spiro atoms. The summed E-state index contributed by atoms with van der Waals surface area (Å²) in [6.45, 7) is 0. The van der Waals surface area contributed by atoms with Crippen molar-refractivity contribution < 1.29 is 51.0 Å². The van der Waals surface area contributed by atoms with Crippen LogP contribution in [0.15, 0.2) is 116 Å². The summed E-state index contributed by atoms with van der Waals surface area (Å²) in [6, 6.07) is 44.8. The second kappa shape index (κ2) is 15.1. The molecule has 0 radical (unpaired) electrons. The molecule has 0 aliphatic heterocycles. The smallest absolute Gasteiger partial charge is 0.503 e. The van der Waals surface area contributed by atoms with Crippen LogP contribution in [-0.4, -0.2) is 24.5 Å². The van der Waals surface area contributed by atoms with Crippen molar-refractivity contribution in [2.45, 2.75) is 25.7 Å². The topological polar surface area (TPSA) is 75.0 Å². The molecule has 1 aliphatic carbocycles. The third-order valence-electron chi connectivity index (χ3n) is 8.64. The Morgan fingerprint density at radius 2 is 1.10 bits per heavy atom. The van der Waals surface area contributed by atoms with Gasteiger partial charge in [0.05, 0.1) is 0 Å². The molecule has 252 valence electrons. The van der Waals surface area contributed by atoms with Gasteiger partial charge in [-0.1, -0.05) is 47.4 Å². The predicted molar refractivity (Wildman–Crippen MR) is 188 cm³/mol. The fourth-order valence-corrected chi connectivity index (χ4v) is 6.31. The third-order valence-corrected chi connectivity index (χ3v) is 8.64. The molecular formula is C42H27N5O2PdPt. The van der Waals surface area contributed by atoms with Crippen molar-refractivity contribution in [3.05, 3.63) is 151 Å². The molecule has 0 fully saturated rings. The first-order chi connectivity index (χ1) is 24.2. The van der Waals surface area contributed by atoms with Crippen LogP contribution < -0.4 is 9.47 Å². The number of benzene rings is 4. The van der Waals surface area contributed by atoms with Gasteiger partial charge < -0.3 is 24.0 Å². The molecule has 0 unspecified atom stereocenters. The van der Waals surface area contributed by atoms with Crippen molar-refractivity contribution in [1.82, 2.24) is 24.5 Å². The Kier molecular flexibility index (Phi) is 10.2. The van der Waals surface area contributed by atoms with Crippen LogP contribution in [0.4, 0.5) is 0 Å². The summed E-state index contributed by atoms with van der Waals surface area (Å²) in [7, 11) is 0. The summed E-state index contributed by atoms with van der Waals surface area (Å²) < 4.78 is 14.7. The van der Waals surface area contributed by atoms with Crippen LogP contribution in [0, 0.1) is 24.3 Å². The molecule has 0 bridgehead atoms. The molecule has 7 nitrogen and oxygen atoms in total. The number of nitrogens with zero attached hydrogens (tertiary/aromatic N) is 5. The summed E-state index contributed by atoms with van der Waals surface area (Å²) in [5.41, 5.74) is 7.21. The fraction of sp³-hybridized carbons (Fsp3) is 0.0952. The molecule has 9 rings (SSSR count). The Balaban J connectivity index is 0.00000203. The number of hydrogen-bond donors (Lipinski definition) is 0. The summed E-state index contributed by atoms with van der Waals surface area (Å²) in [4.78, 5) is 18.9. The zero-order chi connectivity index (χ0) is 32.6. The molecule has 0 atom stereocenters. The van der Waals surface area contributed by atoms with Crippen LogP contribution in [0.3, 0.4) is 0 Å². The second-order valence-corrected chi connectivity index (χ2v) is 11.8. The Hall–Kier alpha value is -4.99. The number of hydrogen-bond acceptors (Lipinski definition) is 6. The van der Waals surface area contributed by atoms with Crippen molar-refractivity contribution in [3.63, 3.8) is 0 Å². The molecule has 51 heavy (non-hydrogen) atoms. The van der Waals surface area contributed by atoms with Crippen LogP contribution >= 0.6 is 0 Å². The van der Waals surface area contributed by atoms with Gasteiger partial charge in [0, 0.05) is 47.3 Å². The minimum absolute atomic E-state index is 0. The van der Waals surface area contributed by atoms with E-state index in [9.17, 15) is 0 Å². The van der Waals surface area contributed by atoms with E-state index in [1.807, 2.05) is 108 Å². The van der Waals surface area contributed by atoms with E-state index in [1.165, 1.54) is 5.56 Å². The SMILES string of the molecule is [Pd+2].[Pt+2].[c-]1c(Oc2[c-]c3c(cc2)c2ccc(Oc4[c-]c(-c5ccccn5)ccc4)[c-]c2n3-c2ncc3c(n2)CCCC3)cccc1-c1ccccn1. The standard InChI is InChI=1S/C42H27N5O2.Pd.Pt/c1-2-16-39-30(9-1)27-45-42(46-39)47-40-25-33(48-31-12-7-10-28(23-31)37-14-3-5-21-43-37)17-19-35(40)36-20-18-34(26-41(36)47)49-32-13-8-11-29(24-32)38-15-4-6-22-44-38;;/h3-8,10-15,17-22,27H,1-2,9,16H2;;/q-4;2*+2. The van der Waals surface area contributed by atoms with Crippen LogP contribution in [-0.2, 0) is 54.3 Å². The fourth-order valence-electron chi connectivity index (χ4n) is 6.31. The number of ether oxygens (including phenoxy) is 2. The number of pyridine rings is 2. The van der Waals surface area contributed by atoms with E-state index in [-0.39, 0.29) is 41.5 Å². The molecule has 0 N–H and O–H groups in total. The van der Waals surface area contributed by atoms with E-state index in [1.54, 1.807) is 12.4 Å². The largest absolute Gasteiger partial charge is 2.00 e. The summed E-state index contributed by atoms with van der Waals surface area (Å²) in [5.74, 6) is 2.79. The van der Waals surface area contributed by atoms with Crippen molar-refractivity contribution in [3.8, 4) is 51.5 Å². The van der Waals surface area contributed by atoms with Crippen LogP contribution in [0.5, 0.6) is 23.0 Å². The van der Waals surface area contributed by atoms with E-state index in [0.29, 0.717) is 28.9 Å². The van der Waals surface area contributed by atoms with Gasteiger partial charge in [-0.25, -0.2) is 9.97 Å². The van der Waals surface area contributed by atoms with E-state index in [2.05, 4.69) is 34.2 Å². The van der Waals surface area contributed by atoms with Gasteiger partial charge in [0.1, 0.15) is 0 Å². The number of aryl methyl sites for hydroxylation is 2. The number of rotatable bonds is 7. The van der Waals surface area contributed by atoms with Crippen LogP contribution in [0.1, 0.15) is 24.1 Å². The maximum Gasteiger partial charge on any atom is 2.00 e. The average Bonchev–Trinajstić information content (AvgIpc) is 3.48. The first-order valence-electron chi connectivity index (χ1n) is 16.3. The van der Waals surface area contributed by atoms with Crippen LogP contribution in [0.25, 0.3) is 50.3 Å². The first kappa shape index (κ1) is 34.5. The van der Waals surface area contributed by atoms with E-state index < -0.39 is 0 Å². The Labute approximate surface area is 323 Å². The molecule has 4 heterocycles. The van der Waals surface area contributed by atoms with Gasteiger partial charge in [-0.2, -0.15) is 22.9 Å². The zero-order valence-corrected chi connectivity index (χ0v) is 30.8. The van der Waals surface area contributed by atoms with Crippen molar-refractivity contribution in [2.24, 2.45) is 0 Å². The van der Waals surface area contributed by atoms with Crippen LogP contribution in [0.2, 0.25) is 0 Å². The molecular weight excluding hydrogens is 908 g/mol. The van der Waals surface area contributed by atoms with Gasteiger partial charge in [-0.05, 0) is 54.8 Å². The average molecular weight is 935 g/mol. The monoisotopic (exact) mass is 934 g/mol. The Morgan fingerprint density at radius 3 is 1.65 bits per heavy atom. The summed E-state index contributed by atoms with van der Waals surface area (Å²) in [5, 5.41) is 1.95. The van der Waals surface area contributed by atoms with Crippen molar-refractivity contribution >= 4 is 21.8 Å². The molecule has 4 aromatic heterocycles. The van der Waals surface area contributed by atoms with E-state index in [4.69, 9.17) is 19.4 Å². The van der Waals surface area contributed by atoms with Gasteiger partial charge in [-0.15, -0.1) is 71.8 Å². The van der Waals surface area contributed by atoms with Crippen molar-refractivity contribution in [2.75, 3.05) is 0 Å².